The smallest absolute Gasteiger partial charge is 0.251 e. The van der Waals surface area contributed by atoms with Crippen molar-refractivity contribution in [1.29, 1.82) is 0 Å². The first-order valence-electron chi connectivity index (χ1n) is 9.11. The van der Waals surface area contributed by atoms with Crippen molar-refractivity contribution in [2.45, 2.75) is 37.6 Å². The summed E-state index contributed by atoms with van der Waals surface area (Å²) in [4.78, 5) is 12.7. The fraction of sp³-hybridized carbons (Fsp3) is 0.350. The minimum atomic E-state index is -3.43. The summed E-state index contributed by atoms with van der Waals surface area (Å²) in [5, 5.41) is 2.85. The van der Waals surface area contributed by atoms with Gasteiger partial charge in [-0.1, -0.05) is 24.6 Å². The number of nitrogen functional groups attached to an aromatic ring is 1. The maximum Gasteiger partial charge on any atom is 0.251 e. The van der Waals surface area contributed by atoms with Crippen LogP contribution < -0.4 is 11.1 Å². The predicted molar refractivity (Wildman–Crippen MR) is 113 cm³/mol. The zero-order valence-electron chi connectivity index (χ0n) is 15.8. The van der Waals surface area contributed by atoms with Crippen molar-refractivity contribution < 1.29 is 13.2 Å². The second-order valence-electron chi connectivity index (χ2n) is 6.87. The predicted octanol–water partition coefficient (Wildman–Crippen LogP) is 3.10. The molecule has 1 fully saturated rings. The largest absolute Gasteiger partial charge is 0.399 e. The van der Waals surface area contributed by atoms with Crippen molar-refractivity contribution in [3.8, 4) is 0 Å². The summed E-state index contributed by atoms with van der Waals surface area (Å²) in [6, 6.07) is 11.9. The lowest BCUT2D eigenvalue weighted by Crippen LogP contribution is -2.35. The fourth-order valence-electron chi connectivity index (χ4n) is 3.20. The number of aryl methyl sites for hydroxylation is 1. The highest BCUT2D eigenvalue weighted by Crippen LogP contribution is 2.21. The maximum absolute atomic E-state index is 12.7. The lowest BCUT2D eigenvalue weighted by atomic mass is 10.1. The highest BCUT2D eigenvalue weighted by atomic mass is 35.5. The Balaban J connectivity index is 0.00000280. The van der Waals surface area contributed by atoms with Crippen LogP contribution in [0.3, 0.4) is 0 Å². The first-order chi connectivity index (χ1) is 12.9. The van der Waals surface area contributed by atoms with E-state index in [1.54, 1.807) is 40.7 Å². The molecule has 3 N–H and O–H groups in total. The van der Waals surface area contributed by atoms with Gasteiger partial charge >= 0.3 is 0 Å². The van der Waals surface area contributed by atoms with Crippen LogP contribution in [0.2, 0.25) is 0 Å². The number of nitrogens with two attached hydrogens (primary N) is 1. The van der Waals surface area contributed by atoms with E-state index in [4.69, 9.17) is 5.73 Å². The Kier molecular flexibility index (Phi) is 7.46. The molecule has 0 spiro atoms. The van der Waals surface area contributed by atoms with E-state index in [0.717, 1.165) is 30.4 Å². The monoisotopic (exact) mass is 423 g/mol. The molecule has 0 atom stereocenters. The van der Waals surface area contributed by atoms with Crippen molar-refractivity contribution in [2.75, 3.05) is 18.8 Å². The van der Waals surface area contributed by atoms with Crippen LogP contribution in [-0.4, -0.2) is 31.7 Å². The zero-order valence-corrected chi connectivity index (χ0v) is 17.5. The standard InChI is InChI=1S/C20H25N3O3S.ClH/c1-15-5-8-17(21)13-19(15)20(24)22-14-16-6-9-18(10-7-16)27(25,26)23-11-3-2-4-12-23;/h5-10,13H,2-4,11-12,14,21H2,1H3,(H,22,24);1H. The molecule has 28 heavy (non-hydrogen) atoms. The lowest BCUT2D eigenvalue weighted by molar-refractivity contribution is 0.0950. The number of nitrogens with zero attached hydrogens (tertiary/aromatic N) is 1. The summed E-state index contributed by atoms with van der Waals surface area (Å²) in [6.45, 7) is 3.34. The van der Waals surface area contributed by atoms with Gasteiger partial charge in [0.1, 0.15) is 0 Å². The molecule has 6 nitrogen and oxygen atoms in total. The SMILES string of the molecule is Cc1ccc(N)cc1C(=O)NCc1ccc(S(=O)(=O)N2CCCCC2)cc1.Cl. The van der Waals surface area contributed by atoms with Crippen LogP contribution in [0, 0.1) is 6.92 Å². The molecular weight excluding hydrogens is 398 g/mol. The topological polar surface area (TPSA) is 92.5 Å². The molecule has 1 aliphatic rings. The molecule has 0 aliphatic carbocycles. The van der Waals surface area contributed by atoms with Gasteiger partial charge in [0.05, 0.1) is 4.90 Å². The summed E-state index contributed by atoms with van der Waals surface area (Å²) < 4.78 is 26.9. The van der Waals surface area contributed by atoms with E-state index in [0.29, 0.717) is 35.8 Å². The summed E-state index contributed by atoms with van der Waals surface area (Å²) >= 11 is 0. The van der Waals surface area contributed by atoms with Gasteiger partial charge in [-0.2, -0.15) is 4.31 Å². The van der Waals surface area contributed by atoms with Gasteiger partial charge in [0.2, 0.25) is 10.0 Å². The highest BCUT2D eigenvalue weighted by molar-refractivity contribution is 7.89. The molecule has 1 saturated heterocycles. The minimum Gasteiger partial charge on any atom is -0.399 e. The van der Waals surface area contributed by atoms with Gasteiger partial charge < -0.3 is 11.1 Å². The number of amides is 1. The summed E-state index contributed by atoms with van der Waals surface area (Å²) in [5.41, 5.74) is 8.52. The van der Waals surface area contributed by atoms with Crippen molar-refractivity contribution in [3.63, 3.8) is 0 Å². The van der Waals surface area contributed by atoms with Crippen LogP contribution >= 0.6 is 12.4 Å². The number of carbonyl (C=O) groups excluding carboxylic acids is 1. The van der Waals surface area contributed by atoms with Gasteiger partial charge in [-0.25, -0.2) is 8.42 Å². The Morgan fingerprint density at radius 2 is 1.71 bits per heavy atom. The van der Waals surface area contributed by atoms with Crippen molar-refractivity contribution in [3.05, 3.63) is 59.2 Å². The molecular formula is C20H26ClN3O3S. The number of piperidine rings is 1. The van der Waals surface area contributed by atoms with Gasteiger partial charge in [-0.15, -0.1) is 12.4 Å². The number of nitrogens with one attached hydrogen (secondary N) is 1. The molecule has 1 amide bonds. The number of halogens is 1. The molecule has 0 bridgehead atoms. The number of anilines is 1. The Bertz CT molecular complexity index is 924. The third kappa shape index (κ3) is 5.04. The van der Waals surface area contributed by atoms with E-state index in [1.807, 2.05) is 13.0 Å². The molecule has 0 aromatic heterocycles. The number of benzene rings is 2. The fourth-order valence-corrected chi connectivity index (χ4v) is 4.71. The Morgan fingerprint density at radius 1 is 1.07 bits per heavy atom. The Labute approximate surface area is 172 Å². The third-order valence-corrected chi connectivity index (χ3v) is 6.75. The van der Waals surface area contributed by atoms with Crippen LogP contribution in [0.5, 0.6) is 0 Å². The number of hydrogen-bond donors (Lipinski definition) is 2. The number of sulfonamides is 1. The molecule has 0 saturated carbocycles. The van der Waals surface area contributed by atoms with Crippen LogP contribution in [0.4, 0.5) is 5.69 Å². The van der Waals surface area contributed by atoms with Gasteiger partial charge in [-0.3, -0.25) is 4.79 Å². The molecule has 0 unspecified atom stereocenters. The first kappa shape index (κ1) is 22.2. The van der Waals surface area contributed by atoms with Crippen molar-refractivity contribution in [2.24, 2.45) is 0 Å². The average Bonchev–Trinajstić information content (AvgIpc) is 2.69. The van der Waals surface area contributed by atoms with Gasteiger partial charge in [0.25, 0.3) is 5.91 Å². The maximum atomic E-state index is 12.7. The van der Waals surface area contributed by atoms with E-state index in [9.17, 15) is 13.2 Å². The normalized spacial score (nSPS) is 14.9. The summed E-state index contributed by atoms with van der Waals surface area (Å²) in [6.07, 6.45) is 2.90. The van der Waals surface area contributed by atoms with Gasteiger partial charge in [0.15, 0.2) is 0 Å². The van der Waals surface area contributed by atoms with Gasteiger partial charge in [0, 0.05) is 30.9 Å². The van der Waals surface area contributed by atoms with Crippen LogP contribution in [0.25, 0.3) is 0 Å². The van der Waals surface area contributed by atoms with Crippen molar-refractivity contribution >= 4 is 34.0 Å². The van der Waals surface area contributed by atoms with E-state index >= 15 is 0 Å². The van der Waals surface area contributed by atoms with E-state index < -0.39 is 10.0 Å². The molecule has 2 aromatic rings. The Morgan fingerprint density at radius 3 is 2.36 bits per heavy atom. The number of carbonyl (C=O) groups is 1. The molecule has 1 heterocycles. The van der Waals surface area contributed by atoms with Crippen LogP contribution in [-0.2, 0) is 16.6 Å². The molecule has 152 valence electrons. The second-order valence-corrected chi connectivity index (χ2v) is 8.80. The summed E-state index contributed by atoms with van der Waals surface area (Å²) in [7, 11) is -3.43. The lowest BCUT2D eigenvalue weighted by Gasteiger charge is -2.25. The van der Waals surface area contributed by atoms with E-state index in [1.165, 1.54) is 0 Å². The van der Waals surface area contributed by atoms with E-state index in [-0.39, 0.29) is 18.3 Å². The average molecular weight is 424 g/mol. The van der Waals surface area contributed by atoms with Crippen LogP contribution in [0.1, 0.15) is 40.7 Å². The van der Waals surface area contributed by atoms with Crippen LogP contribution in [0.15, 0.2) is 47.4 Å². The third-order valence-electron chi connectivity index (χ3n) is 4.84. The van der Waals surface area contributed by atoms with Crippen molar-refractivity contribution in [1.82, 2.24) is 9.62 Å². The first-order valence-corrected chi connectivity index (χ1v) is 10.6. The number of rotatable bonds is 5. The second kappa shape index (κ2) is 9.41. The highest BCUT2D eigenvalue weighted by Gasteiger charge is 2.25. The minimum absolute atomic E-state index is 0. The van der Waals surface area contributed by atoms with Gasteiger partial charge in [-0.05, 0) is 55.2 Å². The molecule has 1 aliphatic heterocycles. The quantitative estimate of drug-likeness (QED) is 0.722. The van der Waals surface area contributed by atoms with E-state index in [2.05, 4.69) is 5.32 Å². The number of hydrogen-bond acceptors (Lipinski definition) is 4. The molecule has 2 aromatic carbocycles. The summed E-state index contributed by atoms with van der Waals surface area (Å²) in [5.74, 6) is -0.204. The molecule has 0 radical (unpaired) electrons. The molecule has 8 heteroatoms. The Hall–Kier alpha value is -2.09. The molecule has 3 rings (SSSR count). The zero-order chi connectivity index (χ0) is 19.4.